The third kappa shape index (κ3) is 3.10. The minimum atomic E-state index is -0.397. The Morgan fingerprint density at radius 2 is 1.83 bits per heavy atom. The highest BCUT2D eigenvalue weighted by atomic mass is 35.5. The molecule has 0 saturated heterocycles. The van der Waals surface area contributed by atoms with Gasteiger partial charge in [-0.05, 0) is 30.9 Å². The number of hydrogen-bond donors (Lipinski definition) is 1. The van der Waals surface area contributed by atoms with Gasteiger partial charge in [-0.2, -0.15) is 0 Å². The average Bonchev–Trinajstić information content (AvgIpc) is 2.34. The molecule has 1 N–H and O–H groups in total. The fourth-order valence-electron chi connectivity index (χ4n) is 2.75. The van der Waals surface area contributed by atoms with Crippen molar-refractivity contribution < 1.29 is 4.39 Å². The van der Waals surface area contributed by atoms with Crippen LogP contribution < -0.4 is 5.32 Å². The summed E-state index contributed by atoms with van der Waals surface area (Å²) in [5.74, 6) is 0.252. The summed E-state index contributed by atoms with van der Waals surface area (Å²) >= 11 is 12.1. The molecule has 1 fully saturated rings. The highest BCUT2D eigenvalue weighted by molar-refractivity contribution is 6.39. The van der Waals surface area contributed by atoms with E-state index in [4.69, 9.17) is 23.2 Å². The lowest BCUT2D eigenvalue weighted by Crippen LogP contribution is -2.32. The largest absolute Gasteiger partial charge is 0.380 e. The Morgan fingerprint density at radius 1 is 1.22 bits per heavy atom. The van der Waals surface area contributed by atoms with Crippen LogP contribution in [-0.2, 0) is 0 Å². The summed E-state index contributed by atoms with van der Waals surface area (Å²) in [6.45, 7) is 2.21. The van der Waals surface area contributed by atoms with E-state index in [1.54, 1.807) is 0 Å². The van der Waals surface area contributed by atoms with E-state index in [0.29, 0.717) is 27.7 Å². The van der Waals surface area contributed by atoms with E-state index in [1.807, 2.05) is 0 Å². The van der Waals surface area contributed by atoms with Crippen LogP contribution in [0.2, 0.25) is 10.0 Å². The molecule has 1 saturated carbocycles. The molecule has 0 heterocycles. The van der Waals surface area contributed by atoms with E-state index in [2.05, 4.69) is 12.2 Å². The standard InChI is InChI=1S/C14H18Cl2FN/c1-2-9-5-3-4-6-13(9)18-14-11(15)7-10(17)8-12(14)16/h7-9,13,18H,2-6H2,1H3. The van der Waals surface area contributed by atoms with Gasteiger partial charge in [-0.1, -0.05) is 49.4 Å². The first kappa shape index (κ1) is 14.0. The number of rotatable bonds is 3. The predicted octanol–water partition coefficient (Wildman–Crippen LogP) is 5.51. The van der Waals surface area contributed by atoms with Gasteiger partial charge in [0, 0.05) is 6.04 Å². The Morgan fingerprint density at radius 3 is 2.44 bits per heavy atom. The first-order valence-corrected chi connectivity index (χ1v) is 7.28. The second kappa shape index (κ2) is 6.12. The Kier molecular flexibility index (Phi) is 4.74. The number of benzene rings is 1. The molecule has 2 atom stereocenters. The van der Waals surface area contributed by atoms with Crippen molar-refractivity contribution in [3.8, 4) is 0 Å². The maximum atomic E-state index is 13.1. The topological polar surface area (TPSA) is 12.0 Å². The molecule has 18 heavy (non-hydrogen) atoms. The molecule has 0 bridgehead atoms. The van der Waals surface area contributed by atoms with Crippen LogP contribution in [0, 0.1) is 11.7 Å². The monoisotopic (exact) mass is 289 g/mol. The zero-order valence-electron chi connectivity index (χ0n) is 10.5. The lowest BCUT2D eigenvalue weighted by atomic mass is 9.83. The molecule has 0 aliphatic heterocycles. The van der Waals surface area contributed by atoms with Gasteiger partial charge in [0.15, 0.2) is 0 Å². The van der Waals surface area contributed by atoms with E-state index in [-0.39, 0.29) is 0 Å². The van der Waals surface area contributed by atoms with Crippen LogP contribution in [0.4, 0.5) is 10.1 Å². The summed E-state index contributed by atoms with van der Waals surface area (Å²) in [5, 5.41) is 4.14. The molecule has 0 radical (unpaired) electrons. The SMILES string of the molecule is CCC1CCCCC1Nc1c(Cl)cc(F)cc1Cl. The quantitative estimate of drug-likeness (QED) is 0.773. The molecule has 0 aromatic heterocycles. The van der Waals surface area contributed by atoms with Gasteiger partial charge in [-0.25, -0.2) is 4.39 Å². The molecule has 100 valence electrons. The molecule has 1 aliphatic carbocycles. The van der Waals surface area contributed by atoms with Crippen molar-refractivity contribution in [2.75, 3.05) is 5.32 Å². The third-order valence-electron chi connectivity index (χ3n) is 3.77. The van der Waals surface area contributed by atoms with Crippen molar-refractivity contribution in [1.82, 2.24) is 0 Å². The molecular weight excluding hydrogens is 272 g/mol. The average molecular weight is 290 g/mol. The fourth-order valence-corrected chi connectivity index (χ4v) is 3.32. The van der Waals surface area contributed by atoms with E-state index < -0.39 is 5.82 Å². The normalized spacial score (nSPS) is 24.0. The Balaban J connectivity index is 2.17. The van der Waals surface area contributed by atoms with Gasteiger partial charge in [-0.15, -0.1) is 0 Å². The summed E-state index contributed by atoms with van der Waals surface area (Å²) in [6.07, 6.45) is 6.04. The first-order chi connectivity index (χ1) is 8.61. The van der Waals surface area contributed by atoms with Crippen LogP contribution >= 0.6 is 23.2 Å². The van der Waals surface area contributed by atoms with Crippen molar-refractivity contribution in [1.29, 1.82) is 0 Å². The Hall–Kier alpha value is -0.470. The number of halogens is 3. The summed E-state index contributed by atoms with van der Waals surface area (Å²) < 4.78 is 13.1. The molecular formula is C14H18Cl2FN. The van der Waals surface area contributed by atoms with Gasteiger partial charge >= 0.3 is 0 Å². The molecule has 4 heteroatoms. The van der Waals surface area contributed by atoms with Gasteiger partial charge in [0.05, 0.1) is 15.7 Å². The second-order valence-electron chi connectivity index (χ2n) is 4.95. The van der Waals surface area contributed by atoms with Crippen molar-refractivity contribution in [3.05, 3.63) is 28.0 Å². The molecule has 2 rings (SSSR count). The van der Waals surface area contributed by atoms with Crippen LogP contribution in [0.25, 0.3) is 0 Å². The van der Waals surface area contributed by atoms with Crippen molar-refractivity contribution in [2.45, 2.75) is 45.1 Å². The first-order valence-electron chi connectivity index (χ1n) is 6.53. The molecule has 1 aromatic rings. The fraction of sp³-hybridized carbons (Fsp3) is 0.571. The van der Waals surface area contributed by atoms with E-state index in [0.717, 1.165) is 12.8 Å². The van der Waals surface area contributed by atoms with Crippen LogP contribution in [0.15, 0.2) is 12.1 Å². The lowest BCUT2D eigenvalue weighted by Gasteiger charge is -2.32. The van der Waals surface area contributed by atoms with Gasteiger partial charge in [0.2, 0.25) is 0 Å². The van der Waals surface area contributed by atoms with Crippen LogP contribution in [0.5, 0.6) is 0 Å². The minimum Gasteiger partial charge on any atom is -0.380 e. The van der Waals surface area contributed by atoms with Crippen LogP contribution in [-0.4, -0.2) is 6.04 Å². The summed E-state index contributed by atoms with van der Waals surface area (Å²) in [4.78, 5) is 0. The maximum Gasteiger partial charge on any atom is 0.126 e. The Labute approximate surface area is 118 Å². The maximum absolute atomic E-state index is 13.1. The molecule has 0 amide bonds. The Bertz CT molecular complexity index is 399. The van der Waals surface area contributed by atoms with E-state index in [1.165, 1.54) is 31.4 Å². The van der Waals surface area contributed by atoms with Crippen LogP contribution in [0.3, 0.4) is 0 Å². The molecule has 1 aromatic carbocycles. The zero-order valence-corrected chi connectivity index (χ0v) is 12.0. The zero-order chi connectivity index (χ0) is 13.1. The molecule has 1 aliphatic rings. The second-order valence-corrected chi connectivity index (χ2v) is 5.76. The minimum absolute atomic E-state index is 0.362. The molecule has 2 unspecified atom stereocenters. The van der Waals surface area contributed by atoms with Gasteiger partial charge < -0.3 is 5.32 Å². The van der Waals surface area contributed by atoms with Gasteiger partial charge in [0.25, 0.3) is 0 Å². The van der Waals surface area contributed by atoms with Crippen molar-refractivity contribution >= 4 is 28.9 Å². The van der Waals surface area contributed by atoms with E-state index >= 15 is 0 Å². The summed E-state index contributed by atoms with van der Waals surface area (Å²) in [5.41, 5.74) is 0.671. The van der Waals surface area contributed by atoms with Crippen molar-refractivity contribution in [3.63, 3.8) is 0 Å². The van der Waals surface area contributed by atoms with E-state index in [9.17, 15) is 4.39 Å². The smallest absolute Gasteiger partial charge is 0.126 e. The number of nitrogens with one attached hydrogen (secondary N) is 1. The summed E-state index contributed by atoms with van der Waals surface area (Å²) in [6, 6.07) is 3.00. The van der Waals surface area contributed by atoms with Crippen molar-refractivity contribution in [2.24, 2.45) is 5.92 Å². The summed E-state index contributed by atoms with van der Waals surface area (Å²) in [7, 11) is 0. The highest BCUT2D eigenvalue weighted by Crippen LogP contribution is 2.36. The van der Waals surface area contributed by atoms with Gasteiger partial charge in [-0.3, -0.25) is 0 Å². The predicted molar refractivity (Wildman–Crippen MR) is 76.1 cm³/mol. The number of anilines is 1. The van der Waals surface area contributed by atoms with Gasteiger partial charge in [0.1, 0.15) is 5.82 Å². The number of hydrogen-bond acceptors (Lipinski definition) is 1. The van der Waals surface area contributed by atoms with Crippen LogP contribution in [0.1, 0.15) is 39.0 Å². The third-order valence-corrected chi connectivity index (χ3v) is 4.37. The molecule has 0 spiro atoms. The highest BCUT2D eigenvalue weighted by Gasteiger charge is 2.24. The molecule has 1 nitrogen and oxygen atoms in total. The lowest BCUT2D eigenvalue weighted by molar-refractivity contribution is 0.317.